The van der Waals surface area contributed by atoms with Crippen molar-refractivity contribution in [2.24, 2.45) is 0 Å². The highest BCUT2D eigenvalue weighted by atomic mass is 32.1. The lowest BCUT2D eigenvalue weighted by Crippen LogP contribution is -2.07. The van der Waals surface area contributed by atoms with Crippen molar-refractivity contribution in [3.63, 3.8) is 0 Å². The number of anilines is 1. The van der Waals surface area contributed by atoms with Gasteiger partial charge in [-0.1, -0.05) is 6.92 Å². The van der Waals surface area contributed by atoms with Gasteiger partial charge in [-0.3, -0.25) is 4.79 Å². The van der Waals surface area contributed by atoms with E-state index >= 15 is 0 Å². The van der Waals surface area contributed by atoms with Crippen LogP contribution in [-0.4, -0.2) is 17.6 Å². The Balaban J connectivity index is 1.88. The molecule has 0 aliphatic carbocycles. The molecule has 0 saturated heterocycles. The van der Waals surface area contributed by atoms with Crippen molar-refractivity contribution in [2.45, 2.75) is 33.2 Å². The molecule has 1 N–H and O–H groups in total. The molecule has 0 bridgehead atoms. The van der Waals surface area contributed by atoms with Crippen LogP contribution < -0.4 is 5.32 Å². The monoisotopic (exact) mass is 310 g/mol. The first-order chi connectivity index (χ1) is 9.72. The van der Waals surface area contributed by atoms with Crippen LogP contribution >= 0.6 is 22.7 Å². The highest BCUT2D eigenvalue weighted by molar-refractivity contribution is 7.13. The number of carbonyl (C=O) groups is 1. The number of esters is 1. The standard InChI is InChI=1S/C14H18N2O2S2/c1-3-10-5-6-19-12(10)8-15-14-16-11(9-20-14)7-13(17)18-4-2/h5-6,9H,3-4,7-8H2,1-2H3,(H,15,16). The molecule has 0 aliphatic rings. The van der Waals surface area contributed by atoms with Crippen molar-refractivity contribution < 1.29 is 9.53 Å². The molecule has 2 aromatic rings. The lowest BCUT2D eigenvalue weighted by Gasteiger charge is -2.02. The predicted octanol–water partition coefficient (Wildman–Crippen LogP) is 3.48. The van der Waals surface area contributed by atoms with Gasteiger partial charge >= 0.3 is 5.97 Å². The molecular weight excluding hydrogens is 292 g/mol. The minimum Gasteiger partial charge on any atom is -0.466 e. The Morgan fingerprint density at radius 1 is 1.40 bits per heavy atom. The summed E-state index contributed by atoms with van der Waals surface area (Å²) in [4.78, 5) is 17.1. The Morgan fingerprint density at radius 3 is 3.00 bits per heavy atom. The lowest BCUT2D eigenvalue weighted by molar-refractivity contribution is -0.142. The molecule has 0 saturated carbocycles. The summed E-state index contributed by atoms with van der Waals surface area (Å²) in [5, 5.41) is 8.17. The van der Waals surface area contributed by atoms with Crippen LogP contribution in [0.4, 0.5) is 5.13 Å². The molecular formula is C14H18N2O2S2. The maximum Gasteiger partial charge on any atom is 0.311 e. The number of nitrogens with one attached hydrogen (secondary N) is 1. The predicted molar refractivity (Wildman–Crippen MR) is 83.5 cm³/mol. The van der Waals surface area contributed by atoms with Gasteiger partial charge in [0.1, 0.15) is 0 Å². The van der Waals surface area contributed by atoms with Gasteiger partial charge in [0, 0.05) is 10.3 Å². The fourth-order valence-electron chi connectivity index (χ4n) is 1.82. The van der Waals surface area contributed by atoms with E-state index in [4.69, 9.17) is 4.74 Å². The zero-order valence-electron chi connectivity index (χ0n) is 11.6. The fourth-order valence-corrected chi connectivity index (χ4v) is 3.45. The smallest absolute Gasteiger partial charge is 0.311 e. The quantitative estimate of drug-likeness (QED) is 0.795. The third kappa shape index (κ3) is 4.05. The van der Waals surface area contributed by atoms with Crippen LogP contribution in [0, 0.1) is 0 Å². The van der Waals surface area contributed by atoms with E-state index in [0.29, 0.717) is 6.61 Å². The molecule has 0 unspecified atom stereocenters. The first-order valence-electron chi connectivity index (χ1n) is 6.62. The van der Waals surface area contributed by atoms with Gasteiger partial charge < -0.3 is 10.1 Å². The maximum atomic E-state index is 11.4. The third-order valence-electron chi connectivity index (χ3n) is 2.80. The van der Waals surface area contributed by atoms with E-state index in [1.807, 2.05) is 5.38 Å². The van der Waals surface area contributed by atoms with Crippen molar-refractivity contribution in [3.8, 4) is 0 Å². The molecule has 0 spiro atoms. The molecule has 0 aromatic carbocycles. The summed E-state index contributed by atoms with van der Waals surface area (Å²) in [7, 11) is 0. The summed E-state index contributed by atoms with van der Waals surface area (Å²) >= 11 is 3.28. The summed E-state index contributed by atoms with van der Waals surface area (Å²) in [6.07, 6.45) is 1.29. The summed E-state index contributed by atoms with van der Waals surface area (Å²) in [6.45, 7) is 5.16. The number of nitrogens with zero attached hydrogens (tertiary/aromatic N) is 1. The highest BCUT2D eigenvalue weighted by Crippen LogP contribution is 2.21. The van der Waals surface area contributed by atoms with Crippen molar-refractivity contribution in [3.05, 3.63) is 33.0 Å². The molecule has 2 aromatic heterocycles. The van der Waals surface area contributed by atoms with Crippen LogP contribution in [0.25, 0.3) is 0 Å². The number of hydrogen-bond donors (Lipinski definition) is 1. The van der Waals surface area contributed by atoms with E-state index in [9.17, 15) is 4.79 Å². The molecule has 0 amide bonds. The second-order valence-electron chi connectivity index (χ2n) is 4.20. The number of rotatable bonds is 7. The van der Waals surface area contributed by atoms with Crippen molar-refractivity contribution in [1.82, 2.24) is 4.98 Å². The number of aromatic nitrogens is 1. The van der Waals surface area contributed by atoms with Crippen LogP contribution in [0.3, 0.4) is 0 Å². The van der Waals surface area contributed by atoms with Gasteiger partial charge in [0.15, 0.2) is 5.13 Å². The fraction of sp³-hybridized carbons (Fsp3) is 0.429. The van der Waals surface area contributed by atoms with E-state index in [1.165, 1.54) is 21.8 Å². The Bertz CT molecular complexity index is 563. The van der Waals surface area contributed by atoms with Crippen LogP contribution in [0.1, 0.15) is 30.0 Å². The third-order valence-corrected chi connectivity index (χ3v) is 4.61. The molecule has 4 nitrogen and oxygen atoms in total. The second kappa shape index (κ2) is 7.40. The Labute approximate surface area is 126 Å². The molecule has 2 heterocycles. The molecule has 0 fully saturated rings. The number of thiophene rings is 1. The Morgan fingerprint density at radius 2 is 2.25 bits per heavy atom. The topological polar surface area (TPSA) is 51.2 Å². The molecule has 0 radical (unpaired) electrons. The van der Waals surface area contributed by atoms with Crippen molar-refractivity contribution in [1.29, 1.82) is 0 Å². The molecule has 20 heavy (non-hydrogen) atoms. The number of hydrogen-bond acceptors (Lipinski definition) is 6. The van der Waals surface area contributed by atoms with Gasteiger partial charge in [-0.05, 0) is 30.4 Å². The average Bonchev–Trinajstić information content (AvgIpc) is 3.05. The van der Waals surface area contributed by atoms with Gasteiger partial charge in [0.05, 0.1) is 25.3 Å². The minimum atomic E-state index is -0.226. The van der Waals surface area contributed by atoms with E-state index < -0.39 is 0 Å². The zero-order valence-corrected chi connectivity index (χ0v) is 13.3. The van der Waals surface area contributed by atoms with Crippen molar-refractivity contribution >= 4 is 33.8 Å². The van der Waals surface area contributed by atoms with Crippen LogP contribution in [0.2, 0.25) is 0 Å². The highest BCUT2D eigenvalue weighted by Gasteiger charge is 2.09. The molecule has 0 atom stereocenters. The van der Waals surface area contributed by atoms with E-state index in [-0.39, 0.29) is 12.4 Å². The number of carbonyl (C=O) groups excluding carboxylic acids is 1. The second-order valence-corrected chi connectivity index (χ2v) is 6.06. The largest absolute Gasteiger partial charge is 0.466 e. The van der Waals surface area contributed by atoms with E-state index in [2.05, 4.69) is 28.7 Å². The van der Waals surface area contributed by atoms with Crippen LogP contribution in [0.5, 0.6) is 0 Å². The molecule has 0 aliphatic heterocycles. The average molecular weight is 310 g/mol. The molecule has 6 heteroatoms. The zero-order chi connectivity index (χ0) is 14.4. The Hall–Kier alpha value is -1.40. The number of ether oxygens (including phenoxy) is 1. The maximum absolute atomic E-state index is 11.4. The molecule has 108 valence electrons. The summed E-state index contributed by atoms with van der Waals surface area (Å²) in [5.41, 5.74) is 2.14. The van der Waals surface area contributed by atoms with Gasteiger partial charge in [0.25, 0.3) is 0 Å². The van der Waals surface area contributed by atoms with Gasteiger partial charge in [-0.2, -0.15) is 0 Å². The van der Waals surface area contributed by atoms with Gasteiger partial charge in [-0.15, -0.1) is 22.7 Å². The first-order valence-corrected chi connectivity index (χ1v) is 8.38. The lowest BCUT2D eigenvalue weighted by atomic mass is 10.2. The number of thiazole rings is 1. The van der Waals surface area contributed by atoms with Crippen molar-refractivity contribution in [2.75, 3.05) is 11.9 Å². The number of aryl methyl sites for hydroxylation is 1. The normalized spacial score (nSPS) is 10.5. The van der Waals surface area contributed by atoms with Gasteiger partial charge in [-0.25, -0.2) is 4.98 Å². The SMILES string of the molecule is CCOC(=O)Cc1csc(NCc2sccc2CC)n1. The summed E-state index contributed by atoms with van der Waals surface area (Å²) in [5.74, 6) is -0.226. The minimum absolute atomic E-state index is 0.226. The molecule has 2 rings (SSSR count). The summed E-state index contributed by atoms with van der Waals surface area (Å²) in [6, 6.07) is 2.16. The summed E-state index contributed by atoms with van der Waals surface area (Å²) < 4.78 is 4.91. The van der Waals surface area contributed by atoms with Gasteiger partial charge in [0.2, 0.25) is 0 Å². The Kier molecular flexibility index (Phi) is 5.55. The van der Waals surface area contributed by atoms with E-state index in [1.54, 1.807) is 18.3 Å². The van der Waals surface area contributed by atoms with E-state index in [0.717, 1.165) is 23.8 Å². The first kappa shape index (κ1) is 15.0. The van der Waals surface area contributed by atoms with Crippen LogP contribution in [-0.2, 0) is 28.9 Å². The van der Waals surface area contributed by atoms with Crippen LogP contribution in [0.15, 0.2) is 16.8 Å².